The Bertz CT molecular complexity index is 597. The lowest BCUT2D eigenvalue weighted by molar-refractivity contribution is 0.0606. The molecule has 0 aliphatic carbocycles. The lowest BCUT2D eigenvalue weighted by Gasteiger charge is -2.24. The predicted octanol–water partition coefficient (Wildman–Crippen LogP) is 3.78. The lowest BCUT2D eigenvalue weighted by atomic mass is 10.1. The second-order valence-electron chi connectivity index (χ2n) is 4.34. The first-order chi connectivity index (χ1) is 9.52. The molecule has 0 bridgehead atoms. The second-order valence-corrected chi connectivity index (χ2v) is 5.78. The number of nitrogens with zero attached hydrogens (tertiary/aromatic N) is 2. The van der Waals surface area contributed by atoms with Crippen LogP contribution >= 0.6 is 22.9 Å². The molecule has 0 amide bonds. The number of thiazole rings is 1. The van der Waals surface area contributed by atoms with Crippen molar-refractivity contribution in [2.45, 2.75) is 13.0 Å². The van der Waals surface area contributed by atoms with Crippen molar-refractivity contribution in [1.29, 1.82) is 0 Å². The highest BCUT2D eigenvalue weighted by molar-refractivity contribution is 7.17. The average molecular weight is 311 g/mol. The van der Waals surface area contributed by atoms with Gasteiger partial charge >= 0.3 is 5.97 Å². The Morgan fingerprint density at radius 1 is 1.40 bits per heavy atom. The van der Waals surface area contributed by atoms with Gasteiger partial charge in [0.1, 0.15) is 4.88 Å². The number of methoxy groups -OCH3 is 1. The van der Waals surface area contributed by atoms with E-state index in [1.807, 2.05) is 36.2 Å². The standard InChI is InChI=1S/C14H15ClN2O2S/c1-9(10-4-6-11(15)7-5-10)17(2)14-16-8-12(20-14)13(18)19-3/h4-9H,1-3H3. The number of halogens is 1. The first kappa shape index (κ1) is 14.8. The summed E-state index contributed by atoms with van der Waals surface area (Å²) < 4.78 is 4.69. The van der Waals surface area contributed by atoms with Gasteiger partial charge in [-0.05, 0) is 24.6 Å². The van der Waals surface area contributed by atoms with Crippen LogP contribution in [0, 0.1) is 0 Å². The Morgan fingerprint density at radius 3 is 2.65 bits per heavy atom. The summed E-state index contributed by atoms with van der Waals surface area (Å²) in [5, 5.41) is 1.48. The molecule has 0 saturated carbocycles. The Kier molecular flexibility index (Phi) is 4.62. The van der Waals surface area contributed by atoms with Crippen molar-refractivity contribution in [2.24, 2.45) is 0 Å². The van der Waals surface area contributed by atoms with Crippen molar-refractivity contribution in [3.63, 3.8) is 0 Å². The molecule has 0 fully saturated rings. The summed E-state index contributed by atoms with van der Waals surface area (Å²) in [5.41, 5.74) is 1.13. The van der Waals surface area contributed by atoms with Gasteiger partial charge < -0.3 is 9.64 Å². The summed E-state index contributed by atoms with van der Waals surface area (Å²) in [6.45, 7) is 2.07. The number of carbonyl (C=O) groups is 1. The third-order valence-corrected chi connectivity index (χ3v) is 4.44. The molecular formula is C14H15ClN2O2S. The fourth-order valence-corrected chi connectivity index (χ4v) is 2.76. The molecule has 0 radical (unpaired) electrons. The number of ether oxygens (including phenoxy) is 1. The van der Waals surface area contributed by atoms with Crippen LogP contribution in [0.1, 0.15) is 28.2 Å². The van der Waals surface area contributed by atoms with Crippen molar-refractivity contribution in [2.75, 3.05) is 19.1 Å². The molecule has 2 rings (SSSR count). The van der Waals surface area contributed by atoms with E-state index in [1.54, 1.807) is 0 Å². The van der Waals surface area contributed by atoms with Gasteiger partial charge in [-0.15, -0.1) is 0 Å². The number of aromatic nitrogens is 1. The number of rotatable bonds is 4. The zero-order valence-electron chi connectivity index (χ0n) is 11.5. The van der Waals surface area contributed by atoms with Crippen LogP contribution in [0.3, 0.4) is 0 Å². The molecule has 0 N–H and O–H groups in total. The molecule has 1 aromatic carbocycles. The van der Waals surface area contributed by atoms with E-state index >= 15 is 0 Å². The Labute approximate surface area is 127 Å². The van der Waals surface area contributed by atoms with Crippen LogP contribution in [-0.4, -0.2) is 25.1 Å². The Hall–Kier alpha value is -1.59. The maximum atomic E-state index is 11.4. The number of carbonyl (C=O) groups excluding carboxylic acids is 1. The molecule has 0 aliphatic rings. The van der Waals surface area contributed by atoms with Crippen LogP contribution in [0.4, 0.5) is 5.13 Å². The maximum absolute atomic E-state index is 11.4. The first-order valence-corrected chi connectivity index (χ1v) is 7.25. The Morgan fingerprint density at radius 2 is 2.05 bits per heavy atom. The summed E-state index contributed by atoms with van der Waals surface area (Å²) in [6, 6.07) is 7.83. The number of hydrogen-bond donors (Lipinski definition) is 0. The lowest BCUT2D eigenvalue weighted by Crippen LogP contribution is -2.21. The molecule has 4 nitrogen and oxygen atoms in total. The third kappa shape index (κ3) is 3.11. The van der Waals surface area contributed by atoms with Crippen LogP contribution in [-0.2, 0) is 4.74 Å². The van der Waals surface area contributed by atoms with E-state index in [2.05, 4.69) is 16.6 Å². The summed E-state index contributed by atoms with van der Waals surface area (Å²) in [6.07, 6.45) is 1.54. The van der Waals surface area contributed by atoms with E-state index in [0.717, 1.165) is 10.7 Å². The van der Waals surface area contributed by atoms with Crippen molar-refractivity contribution in [3.05, 3.63) is 45.9 Å². The zero-order valence-corrected chi connectivity index (χ0v) is 13.0. The van der Waals surface area contributed by atoms with E-state index in [9.17, 15) is 4.79 Å². The van der Waals surface area contributed by atoms with Gasteiger partial charge in [-0.25, -0.2) is 9.78 Å². The molecule has 106 valence electrons. The van der Waals surface area contributed by atoms with E-state index in [-0.39, 0.29) is 12.0 Å². The summed E-state index contributed by atoms with van der Waals surface area (Å²) in [7, 11) is 3.31. The fourth-order valence-electron chi connectivity index (χ4n) is 1.75. The van der Waals surface area contributed by atoms with Crippen LogP contribution in [0.2, 0.25) is 5.02 Å². The molecule has 0 aliphatic heterocycles. The number of hydrogen-bond acceptors (Lipinski definition) is 5. The predicted molar refractivity (Wildman–Crippen MR) is 81.7 cm³/mol. The first-order valence-electron chi connectivity index (χ1n) is 6.05. The van der Waals surface area contributed by atoms with Gasteiger partial charge in [-0.1, -0.05) is 35.1 Å². The SMILES string of the molecule is COC(=O)c1cnc(N(C)C(C)c2ccc(Cl)cc2)s1. The van der Waals surface area contributed by atoms with Gasteiger partial charge in [0.25, 0.3) is 0 Å². The van der Waals surface area contributed by atoms with Crippen LogP contribution in [0.15, 0.2) is 30.5 Å². The van der Waals surface area contributed by atoms with Gasteiger partial charge in [0, 0.05) is 12.1 Å². The van der Waals surface area contributed by atoms with Gasteiger partial charge in [-0.3, -0.25) is 0 Å². The molecule has 1 aromatic heterocycles. The van der Waals surface area contributed by atoms with Gasteiger partial charge in [0.2, 0.25) is 0 Å². The monoisotopic (exact) mass is 310 g/mol. The molecule has 0 spiro atoms. The summed E-state index contributed by atoms with van der Waals surface area (Å²) >= 11 is 7.21. The summed E-state index contributed by atoms with van der Waals surface area (Å²) in [4.78, 5) is 18.2. The fraction of sp³-hybridized carbons (Fsp3) is 0.286. The van der Waals surface area contributed by atoms with E-state index in [4.69, 9.17) is 11.6 Å². The highest BCUT2D eigenvalue weighted by Gasteiger charge is 2.18. The topological polar surface area (TPSA) is 42.4 Å². The number of benzene rings is 1. The summed E-state index contributed by atoms with van der Waals surface area (Å²) in [5.74, 6) is -0.360. The van der Waals surface area contributed by atoms with Crippen LogP contribution < -0.4 is 4.90 Å². The van der Waals surface area contributed by atoms with Crippen LogP contribution in [0.25, 0.3) is 0 Å². The molecule has 1 heterocycles. The average Bonchev–Trinajstić information content (AvgIpc) is 2.95. The zero-order chi connectivity index (χ0) is 14.7. The minimum Gasteiger partial charge on any atom is -0.465 e. The van der Waals surface area contributed by atoms with E-state index < -0.39 is 0 Å². The van der Waals surface area contributed by atoms with Crippen molar-refractivity contribution < 1.29 is 9.53 Å². The smallest absolute Gasteiger partial charge is 0.349 e. The molecule has 1 unspecified atom stereocenters. The minimum absolute atomic E-state index is 0.129. The maximum Gasteiger partial charge on any atom is 0.349 e. The van der Waals surface area contributed by atoms with E-state index in [0.29, 0.717) is 9.90 Å². The van der Waals surface area contributed by atoms with Crippen LogP contribution in [0.5, 0.6) is 0 Å². The van der Waals surface area contributed by atoms with E-state index in [1.165, 1.54) is 24.6 Å². The highest BCUT2D eigenvalue weighted by atomic mass is 35.5. The van der Waals surface area contributed by atoms with Gasteiger partial charge in [0.05, 0.1) is 19.3 Å². The van der Waals surface area contributed by atoms with Crippen molar-refractivity contribution in [3.8, 4) is 0 Å². The van der Waals surface area contributed by atoms with Gasteiger partial charge in [0.15, 0.2) is 5.13 Å². The quantitative estimate of drug-likeness (QED) is 0.806. The number of anilines is 1. The second kappa shape index (κ2) is 6.24. The molecule has 20 heavy (non-hydrogen) atoms. The van der Waals surface area contributed by atoms with Crippen molar-refractivity contribution >= 4 is 34.0 Å². The van der Waals surface area contributed by atoms with Crippen molar-refractivity contribution in [1.82, 2.24) is 4.98 Å². The molecular weight excluding hydrogens is 296 g/mol. The minimum atomic E-state index is -0.360. The highest BCUT2D eigenvalue weighted by Crippen LogP contribution is 2.29. The number of esters is 1. The Balaban J connectivity index is 2.17. The third-order valence-electron chi connectivity index (χ3n) is 3.12. The van der Waals surface area contributed by atoms with Gasteiger partial charge in [-0.2, -0.15) is 0 Å². The molecule has 2 aromatic rings. The largest absolute Gasteiger partial charge is 0.465 e. The molecule has 0 saturated heterocycles. The molecule has 1 atom stereocenters. The normalized spacial score (nSPS) is 12.0. The molecule has 6 heteroatoms.